The van der Waals surface area contributed by atoms with Crippen LogP contribution in [0.15, 0.2) is 75.7 Å². The summed E-state index contributed by atoms with van der Waals surface area (Å²) in [6.07, 6.45) is 0. The van der Waals surface area contributed by atoms with Crippen LogP contribution in [0.4, 0.5) is 5.69 Å². The lowest BCUT2D eigenvalue weighted by Crippen LogP contribution is -2.30. The predicted molar refractivity (Wildman–Crippen MR) is 118 cm³/mol. The van der Waals surface area contributed by atoms with Gasteiger partial charge in [0.05, 0.1) is 20.8 Å². The van der Waals surface area contributed by atoms with Gasteiger partial charge in [0.2, 0.25) is 0 Å². The molecule has 0 radical (unpaired) electrons. The smallest absolute Gasteiger partial charge is 0.258 e. The Labute approximate surface area is 181 Å². The highest BCUT2D eigenvalue weighted by atomic mass is 79.9. The van der Waals surface area contributed by atoms with Crippen molar-refractivity contribution in [2.24, 2.45) is 0 Å². The number of nitrogens with zero attached hydrogens (tertiary/aromatic N) is 1. The van der Waals surface area contributed by atoms with Crippen LogP contribution in [0.2, 0.25) is 0 Å². The third kappa shape index (κ3) is 4.75. The Morgan fingerprint density at radius 1 is 0.857 bits per heavy atom. The summed E-state index contributed by atoms with van der Waals surface area (Å²) in [7, 11) is 3.13. The van der Waals surface area contributed by atoms with E-state index in [0.29, 0.717) is 23.6 Å². The van der Waals surface area contributed by atoms with Crippen LogP contribution in [-0.4, -0.2) is 20.1 Å². The first-order chi connectivity index (χ1) is 13.5. The molecular formula is C22H19Br2NO3. The zero-order valence-corrected chi connectivity index (χ0v) is 18.7. The van der Waals surface area contributed by atoms with E-state index in [2.05, 4.69) is 31.9 Å². The van der Waals surface area contributed by atoms with E-state index in [0.717, 1.165) is 20.2 Å². The third-order valence-corrected chi connectivity index (χ3v) is 5.12. The maximum atomic E-state index is 13.4. The van der Waals surface area contributed by atoms with Gasteiger partial charge in [-0.2, -0.15) is 0 Å². The maximum absolute atomic E-state index is 13.4. The van der Waals surface area contributed by atoms with Crippen LogP contribution >= 0.6 is 31.9 Å². The van der Waals surface area contributed by atoms with Gasteiger partial charge < -0.3 is 14.4 Å². The van der Waals surface area contributed by atoms with E-state index in [1.807, 2.05) is 48.5 Å². The van der Waals surface area contributed by atoms with E-state index in [1.165, 1.54) is 0 Å². The summed E-state index contributed by atoms with van der Waals surface area (Å²) in [6, 6.07) is 20.8. The number of carbonyl (C=O) groups excluding carboxylic acids is 1. The van der Waals surface area contributed by atoms with Gasteiger partial charge in [-0.05, 0) is 54.1 Å². The number of carbonyl (C=O) groups is 1. The first-order valence-corrected chi connectivity index (χ1v) is 10.1. The van der Waals surface area contributed by atoms with Gasteiger partial charge in [-0.25, -0.2) is 0 Å². The Bertz CT molecular complexity index is 957. The van der Waals surface area contributed by atoms with Gasteiger partial charge in [0.25, 0.3) is 5.91 Å². The van der Waals surface area contributed by atoms with Gasteiger partial charge in [0.1, 0.15) is 0 Å². The lowest BCUT2D eigenvalue weighted by atomic mass is 10.1. The normalized spacial score (nSPS) is 10.4. The minimum Gasteiger partial charge on any atom is -0.493 e. The highest BCUT2D eigenvalue weighted by Gasteiger charge is 2.20. The number of amides is 1. The SMILES string of the molecule is COc1ccc(C(=O)N(Cc2cc(Br)cc(Br)c2)c2ccccc2)cc1OC. The molecule has 0 aliphatic rings. The Morgan fingerprint density at radius 2 is 1.50 bits per heavy atom. The van der Waals surface area contributed by atoms with Gasteiger partial charge in [-0.1, -0.05) is 50.1 Å². The van der Waals surface area contributed by atoms with Crippen LogP contribution < -0.4 is 14.4 Å². The summed E-state index contributed by atoms with van der Waals surface area (Å²) < 4.78 is 12.5. The average Bonchev–Trinajstić information content (AvgIpc) is 2.71. The third-order valence-electron chi connectivity index (χ3n) is 4.21. The summed E-state index contributed by atoms with van der Waals surface area (Å²) in [6.45, 7) is 0.426. The number of rotatable bonds is 6. The van der Waals surface area contributed by atoms with Crippen molar-refractivity contribution in [3.8, 4) is 11.5 Å². The highest BCUT2D eigenvalue weighted by Crippen LogP contribution is 2.30. The summed E-state index contributed by atoms with van der Waals surface area (Å²) in [5.74, 6) is 0.982. The molecule has 0 saturated carbocycles. The first-order valence-electron chi connectivity index (χ1n) is 8.55. The number of anilines is 1. The molecule has 3 rings (SSSR count). The molecule has 1 amide bonds. The molecule has 0 spiro atoms. The van der Waals surface area contributed by atoms with Crippen molar-refractivity contribution in [3.05, 3.63) is 86.8 Å². The lowest BCUT2D eigenvalue weighted by molar-refractivity contribution is 0.0984. The molecular weight excluding hydrogens is 486 g/mol. The molecule has 0 N–H and O–H groups in total. The zero-order chi connectivity index (χ0) is 20.1. The summed E-state index contributed by atoms with van der Waals surface area (Å²) in [5.41, 5.74) is 2.34. The molecule has 0 aromatic heterocycles. The van der Waals surface area contributed by atoms with Gasteiger partial charge >= 0.3 is 0 Å². The number of halogens is 2. The monoisotopic (exact) mass is 503 g/mol. The number of hydrogen-bond donors (Lipinski definition) is 0. The number of para-hydroxylation sites is 1. The van der Waals surface area contributed by atoms with E-state index in [-0.39, 0.29) is 5.91 Å². The van der Waals surface area contributed by atoms with E-state index < -0.39 is 0 Å². The molecule has 3 aromatic rings. The fourth-order valence-electron chi connectivity index (χ4n) is 2.90. The Hall–Kier alpha value is -2.31. The van der Waals surface area contributed by atoms with Gasteiger partial charge in [-0.3, -0.25) is 4.79 Å². The van der Waals surface area contributed by atoms with Crippen LogP contribution in [-0.2, 0) is 6.54 Å². The van der Waals surface area contributed by atoms with Crippen LogP contribution in [0.1, 0.15) is 15.9 Å². The average molecular weight is 505 g/mol. The van der Waals surface area contributed by atoms with Crippen LogP contribution in [0.3, 0.4) is 0 Å². The van der Waals surface area contributed by atoms with Crippen molar-refractivity contribution in [2.45, 2.75) is 6.54 Å². The molecule has 4 nitrogen and oxygen atoms in total. The van der Waals surface area contributed by atoms with Crippen molar-refractivity contribution in [1.29, 1.82) is 0 Å². The summed E-state index contributed by atoms with van der Waals surface area (Å²) in [4.78, 5) is 15.1. The first kappa shape index (κ1) is 20.4. The summed E-state index contributed by atoms with van der Waals surface area (Å²) in [5, 5.41) is 0. The molecule has 3 aromatic carbocycles. The fourth-order valence-corrected chi connectivity index (χ4v) is 4.29. The number of methoxy groups -OCH3 is 2. The van der Waals surface area contributed by atoms with Gasteiger partial charge in [0, 0.05) is 20.2 Å². The van der Waals surface area contributed by atoms with Crippen LogP contribution in [0, 0.1) is 0 Å². The number of ether oxygens (including phenoxy) is 2. The van der Waals surface area contributed by atoms with E-state index in [9.17, 15) is 4.79 Å². The second kappa shape index (κ2) is 9.26. The Balaban J connectivity index is 2.00. The van der Waals surface area contributed by atoms with Gasteiger partial charge in [-0.15, -0.1) is 0 Å². The molecule has 144 valence electrons. The molecule has 0 aliphatic carbocycles. The molecule has 0 heterocycles. The molecule has 0 fully saturated rings. The van der Waals surface area contributed by atoms with Crippen molar-refractivity contribution in [2.75, 3.05) is 19.1 Å². The predicted octanol–water partition coefficient (Wildman–Crippen LogP) is 6.08. The summed E-state index contributed by atoms with van der Waals surface area (Å²) >= 11 is 7.02. The topological polar surface area (TPSA) is 38.8 Å². The number of benzene rings is 3. The maximum Gasteiger partial charge on any atom is 0.258 e. The highest BCUT2D eigenvalue weighted by molar-refractivity contribution is 9.11. The van der Waals surface area contributed by atoms with E-state index >= 15 is 0 Å². The van der Waals surface area contributed by atoms with E-state index in [1.54, 1.807) is 37.3 Å². The number of hydrogen-bond acceptors (Lipinski definition) is 3. The molecule has 0 unspecified atom stereocenters. The molecule has 0 bridgehead atoms. The van der Waals surface area contributed by atoms with Crippen LogP contribution in [0.5, 0.6) is 11.5 Å². The van der Waals surface area contributed by atoms with Crippen molar-refractivity contribution in [3.63, 3.8) is 0 Å². The minimum atomic E-state index is -0.122. The zero-order valence-electron chi connectivity index (χ0n) is 15.5. The molecule has 6 heteroatoms. The largest absolute Gasteiger partial charge is 0.493 e. The molecule has 0 atom stereocenters. The fraction of sp³-hybridized carbons (Fsp3) is 0.136. The van der Waals surface area contributed by atoms with E-state index in [4.69, 9.17) is 9.47 Å². The second-order valence-corrected chi connectivity index (χ2v) is 7.91. The van der Waals surface area contributed by atoms with Crippen molar-refractivity contribution < 1.29 is 14.3 Å². The van der Waals surface area contributed by atoms with Gasteiger partial charge in [0.15, 0.2) is 11.5 Å². The Morgan fingerprint density at radius 3 is 2.11 bits per heavy atom. The lowest BCUT2D eigenvalue weighted by Gasteiger charge is -2.24. The minimum absolute atomic E-state index is 0.122. The Kier molecular flexibility index (Phi) is 6.75. The second-order valence-electron chi connectivity index (χ2n) is 6.07. The quantitative estimate of drug-likeness (QED) is 0.408. The molecule has 0 aliphatic heterocycles. The van der Waals surface area contributed by atoms with Crippen LogP contribution in [0.25, 0.3) is 0 Å². The standard InChI is InChI=1S/C22H19Br2NO3/c1-27-20-9-8-16(12-21(20)28-2)22(26)25(19-6-4-3-5-7-19)14-15-10-17(23)13-18(24)11-15/h3-13H,14H2,1-2H3. The molecule has 0 saturated heterocycles. The molecule has 28 heavy (non-hydrogen) atoms. The van der Waals surface area contributed by atoms with Crippen molar-refractivity contribution >= 4 is 43.5 Å². The van der Waals surface area contributed by atoms with Crippen molar-refractivity contribution in [1.82, 2.24) is 0 Å².